The number of carbonyl (C=O) groups excluding carboxylic acids is 2. The van der Waals surface area contributed by atoms with E-state index in [1.165, 1.54) is 19.3 Å². The average Bonchev–Trinajstić information content (AvgIpc) is 2.98. The predicted octanol–water partition coefficient (Wildman–Crippen LogP) is 3.77. The minimum absolute atomic E-state index is 0.0236. The van der Waals surface area contributed by atoms with Crippen LogP contribution >= 0.6 is 23.2 Å². The molecule has 0 aliphatic rings. The number of anilines is 1. The molecule has 1 aromatic heterocycles. The SMILES string of the molecule is C[C@H](OC(=O)c1ccco1)C(=O)Nc1cccc(Cl)c1Cl. The summed E-state index contributed by atoms with van der Waals surface area (Å²) in [5.41, 5.74) is 0.343. The van der Waals surface area contributed by atoms with E-state index in [1.54, 1.807) is 24.3 Å². The van der Waals surface area contributed by atoms with Crippen molar-refractivity contribution in [3.05, 3.63) is 52.4 Å². The van der Waals surface area contributed by atoms with E-state index in [9.17, 15) is 9.59 Å². The van der Waals surface area contributed by atoms with Crippen molar-refractivity contribution in [1.82, 2.24) is 0 Å². The van der Waals surface area contributed by atoms with Gasteiger partial charge in [-0.2, -0.15) is 0 Å². The lowest BCUT2D eigenvalue weighted by atomic mass is 10.3. The number of ether oxygens (including phenoxy) is 1. The van der Waals surface area contributed by atoms with Gasteiger partial charge in [-0.15, -0.1) is 0 Å². The van der Waals surface area contributed by atoms with Gasteiger partial charge in [-0.1, -0.05) is 29.3 Å². The van der Waals surface area contributed by atoms with E-state index >= 15 is 0 Å². The number of hydrogen-bond donors (Lipinski definition) is 1. The average molecular weight is 328 g/mol. The molecule has 1 atom stereocenters. The third-order valence-corrected chi connectivity index (χ3v) is 3.40. The zero-order valence-corrected chi connectivity index (χ0v) is 12.4. The summed E-state index contributed by atoms with van der Waals surface area (Å²) in [5, 5.41) is 3.07. The van der Waals surface area contributed by atoms with E-state index in [0.29, 0.717) is 10.7 Å². The lowest BCUT2D eigenvalue weighted by Crippen LogP contribution is -2.30. The standard InChI is InChI=1S/C14H11Cl2NO4/c1-8(21-14(19)11-6-3-7-20-11)13(18)17-10-5-2-4-9(15)12(10)16/h2-8H,1H3,(H,17,18)/t8-/m0/s1. The van der Waals surface area contributed by atoms with Crippen molar-refractivity contribution in [3.63, 3.8) is 0 Å². The molecule has 2 aromatic rings. The Morgan fingerprint density at radius 2 is 2.00 bits per heavy atom. The normalized spacial score (nSPS) is 11.8. The summed E-state index contributed by atoms with van der Waals surface area (Å²) in [6.07, 6.45) is 0.324. The molecule has 7 heteroatoms. The van der Waals surface area contributed by atoms with Gasteiger partial charge in [-0.05, 0) is 31.2 Å². The van der Waals surface area contributed by atoms with Crippen LogP contribution in [0.2, 0.25) is 10.0 Å². The maximum absolute atomic E-state index is 12.0. The van der Waals surface area contributed by atoms with E-state index in [4.69, 9.17) is 32.4 Å². The van der Waals surface area contributed by atoms with Gasteiger partial charge in [0.15, 0.2) is 6.10 Å². The van der Waals surface area contributed by atoms with Crippen molar-refractivity contribution in [2.24, 2.45) is 0 Å². The number of rotatable bonds is 4. The van der Waals surface area contributed by atoms with E-state index in [-0.39, 0.29) is 10.8 Å². The quantitative estimate of drug-likeness (QED) is 0.868. The van der Waals surface area contributed by atoms with Crippen molar-refractivity contribution < 1.29 is 18.7 Å². The largest absolute Gasteiger partial charge is 0.457 e. The van der Waals surface area contributed by atoms with Gasteiger partial charge >= 0.3 is 5.97 Å². The summed E-state index contributed by atoms with van der Waals surface area (Å²) in [6.45, 7) is 1.44. The number of amides is 1. The molecular weight excluding hydrogens is 317 g/mol. The molecule has 1 aromatic carbocycles. The van der Waals surface area contributed by atoms with Gasteiger partial charge in [0.2, 0.25) is 5.76 Å². The minimum atomic E-state index is -1.02. The number of hydrogen-bond acceptors (Lipinski definition) is 4. The second-order valence-corrected chi connectivity index (χ2v) is 4.90. The Morgan fingerprint density at radius 1 is 1.24 bits per heavy atom. The molecule has 0 unspecified atom stereocenters. The monoisotopic (exact) mass is 327 g/mol. The second kappa shape index (κ2) is 6.65. The zero-order valence-electron chi connectivity index (χ0n) is 10.9. The first-order valence-corrected chi connectivity index (χ1v) is 6.74. The van der Waals surface area contributed by atoms with Crippen LogP contribution in [0.5, 0.6) is 0 Å². The Bertz CT molecular complexity index is 655. The van der Waals surface area contributed by atoms with Gasteiger partial charge in [0, 0.05) is 0 Å². The number of halogens is 2. The van der Waals surface area contributed by atoms with Crippen molar-refractivity contribution in [1.29, 1.82) is 0 Å². The molecule has 1 N–H and O–H groups in total. The summed E-state index contributed by atoms with van der Waals surface area (Å²) < 4.78 is 9.86. The smallest absolute Gasteiger partial charge is 0.374 e. The molecule has 0 fully saturated rings. The number of carbonyl (C=O) groups is 2. The van der Waals surface area contributed by atoms with Gasteiger partial charge in [-0.25, -0.2) is 4.79 Å². The van der Waals surface area contributed by atoms with Crippen LogP contribution in [0.4, 0.5) is 5.69 Å². The van der Waals surface area contributed by atoms with Crippen molar-refractivity contribution in [2.75, 3.05) is 5.32 Å². The third kappa shape index (κ3) is 3.77. The van der Waals surface area contributed by atoms with Gasteiger partial charge in [0.1, 0.15) is 0 Å². The molecule has 0 spiro atoms. The van der Waals surface area contributed by atoms with Crippen LogP contribution in [0, 0.1) is 0 Å². The first-order valence-electron chi connectivity index (χ1n) is 5.98. The molecule has 0 saturated heterocycles. The third-order valence-electron chi connectivity index (χ3n) is 2.58. The Hall–Kier alpha value is -1.98. The van der Waals surface area contributed by atoms with E-state index in [0.717, 1.165) is 0 Å². The van der Waals surface area contributed by atoms with Crippen LogP contribution in [-0.4, -0.2) is 18.0 Å². The molecule has 0 bridgehead atoms. The molecule has 0 saturated carbocycles. The maximum Gasteiger partial charge on any atom is 0.374 e. The fourth-order valence-corrected chi connectivity index (χ4v) is 1.85. The van der Waals surface area contributed by atoms with Crippen LogP contribution in [0.15, 0.2) is 41.0 Å². The Morgan fingerprint density at radius 3 is 2.67 bits per heavy atom. The van der Waals surface area contributed by atoms with Crippen LogP contribution < -0.4 is 5.32 Å². The first kappa shape index (κ1) is 15.4. The van der Waals surface area contributed by atoms with Crippen LogP contribution in [0.25, 0.3) is 0 Å². The Labute approximate surface area is 130 Å². The summed E-state index contributed by atoms with van der Waals surface area (Å²) in [6, 6.07) is 7.82. The summed E-state index contributed by atoms with van der Waals surface area (Å²) in [7, 11) is 0. The summed E-state index contributed by atoms with van der Waals surface area (Å²) in [4.78, 5) is 23.6. The fourth-order valence-electron chi connectivity index (χ4n) is 1.50. The first-order chi connectivity index (χ1) is 9.99. The van der Waals surface area contributed by atoms with Crippen LogP contribution in [0.3, 0.4) is 0 Å². The molecule has 0 aliphatic carbocycles. The molecule has 0 radical (unpaired) electrons. The van der Waals surface area contributed by atoms with Crippen molar-refractivity contribution in [2.45, 2.75) is 13.0 Å². The van der Waals surface area contributed by atoms with Gasteiger partial charge in [0.25, 0.3) is 5.91 Å². The molecular formula is C14H11Cl2NO4. The Balaban J connectivity index is 2.00. The number of esters is 1. The highest BCUT2D eigenvalue weighted by Gasteiger charge is 2.21. The lowest BCUT2D eigenvalue weighted by Gasteiger charge is -2.13. The topological polar surface area (TPSA) is 68.5 Å². The molecule has 1 amide bonds. The molecule has 21 heavy (non-hydrogen) atoms. The maximum atomic E-state index is 12.0. The predicted molar refractivity (Wildman–Crippen MR) is 78.7 cm³/mol. The van der Waals surface area contributed by atoms with Crippen LogP contribution in [-0.2, 0) is 9.53 Å². The van der Waals surface area contributed by atoms with Crippen LogP contribution in [0.1, 0.15) is 17.5 Å². The molecule has 1 heterocycles. The fraction of sp³-hybridized carbons (Fsp3) is 0.143. The van der Waals surface area contributed by atoms with Crippen molar-refractivity contribution in [3.8, 4) is 0 Å². The highest BCUT2D eigenvalue weighted by atomic mass is 35.5. The molecule has 5 nitrogen and oxygen atoms in total. The van der Waals surface area contributed by atoms with Gasteiger partial charge in [0.05, 0.1) is 22.0 Å². The number of furan rings is 1. The van der Waals surface area contributed by atoms with Gasteiger partial charge < -0.3 is 14.5 Å². The van der Waals surface area contributed by atoms with Gasteiger partial charge in [-0.3, -0.25) is 4.79 Å². The minimum Gasteiger partial charge on any atom is -0.457 e. The highest BCUT2D eigenvalue weighted by Crippen LogP contribution is 2.29. The summed E-state index contributed by atoms with van der Waals surface area (Å²) in [5.74, 6) is -1.23. The van der Waals surface area contributed by atoms with E-state index in [1.807, 2.05) is 0 Å². The van der Waals surface area contributed by atoms with Crippen molar-refractivity contribution >= 4 is 40.8 Å². The van der Waals surface area contributed by atoms with E-state index in [2.05, 4.69) is 5.32 Å². The molecule has 110 valence electrons. The Kier molecular flexibility index (Phi) is 4.88. The lowest BCUT2D eigenvalue weighted by molar-refractivity contribution is -0.123. The molecule has 2 rings (SSSR count). The highest BCUT2D eigenvalue weighted by molar-refractivity contribution is 6.44. The van der Waals surface area contributed by atoms with E-state index < -0.39 is 18.0 Å². The zero-order chi connectivity index (χ0) is 15.4. The molecule has 0 aliphatic heterocycles. The number of benzene rings is 1. The number of nitrogens with one attached hydrogen (secondary N) is 1. The summed E-state index contributed by atoms with van der Waals surface area (Å²) >= 11 is 11.8. The second-order valence-electron chi connectivity index (χ2n) is 4.12.